The molecule has 19 heavy (non-hydrogen) atoms. The summed E-state index contributed by atoms with van der Waals surface area (Å²) in [6.07, 6.45) is 3.91. The summed E-state index contributed by atoms with van der Waals surface area (Å²) in [7, 11) is 1.90. The molecule has 0 rings (SSSR count). The molecule has 2 N–H and O–H groups in total. The standard InChI is InChI=1S/C14H28N2O3/c1-4-10-19-11-8-14(18)16-13(12(2)17)7-5-6-9-15-3/h13,15H,4-11H2,1-3H3,(H,16,18). The van der Waals surface area contributed by atoms with Crippen LogP contribution in [-0.2, 0) is 14.3 Å². The van der Waals surface area contributed by atoms with Crippen LogP contribution in [0.5, 0.6) is 0 Å². The quantitative estimate of drug-likeness (QED) is 0.525. The topological polar surface area (TPSA) is 67.4 Å². The molecule has 112 valence electrons. The molecule has 5 nitrogen and oxygen atoms in total. The molecule has 0 bridgehead atoms. The van der Waals surface area contributed by atoms with E-state index in [2.05, 4.69) is 10.6 Å². The van der Waals surface area contributed by atoms with Gasteiger partial charge in [-0.3, -0.25) is 9.59 Å². The third-order valence-electron chi connectivity index (χ3n) is 2.82. The summed E-state index contributed by atoms with van der Waals surface area (Å²) < 4.78 is 5.25. The van der Waals surface area contributed by atoms with E-state index in [1.807, 2.05) is 14.0 Å². The van der Waals surface area contributed by atoms with Crippen LogP contribution >= 0.6 is 0 Å². The van der Waals surface area contributed by atoms with Crippen molar-refractivity contribution < 1.29 is 14.3 Å². The molecule has 1 amide bonds. The van der Waals surface area contributed by atoms with Gasteiger partial charge in [0.15, 0.2) is 5.78 Å². The number of unbranched alkanes of at least 4 members (excludes halogenated alkanes) is 1. The molecule has 5 heteroatoms. The molecule has 1 unspecified atom stereocenters. The van der Waals surface area contributed by atoms with Crippen molar-refractivity contribution >= 4 is 11.7 Å². The second kappa shape index (κ2) is 12.1. The summed E-state index contributed by atoms with van der Waals surface area (Å²) in [5, 5.41) is 5.84. The van der Waals surface area contributed by atoms with Gasteiger partial charge >= 0.3 is 0 Å². The van der Waals surface area contributed by atoms with Crippen LogP contribution in [0, 0.1) is 0 Å². The Balaban J connectivity index is 3.85. The molecule has 0 saturated carbocycles. The maximum absolute atomic E-state index is 11.7. The van der Waals surface area contributed by atoms with Crippen LogP contribution in [0.4, 0.5) is 0 Å². The van der Waals surface area contributed by atoms with Gasteiger partial charge < -0.3 is 15.4 Å². The Bertz CT molecular complexity index is 257. The van der Waals surface area contributed by atoms with Crippen molar-refractivity contribution in [3.05, 3.63) is 0 Å². The van der Waals surface area contributed by atoms with Crippen molar-refractivity contribution in [2.45, 2.75) is 52.0 Å². The van der Waals surface area contributed by atoms with Crippen LogP contribution in [0.25, 0.3) is 0 Å². The van der Waals surface area contributed by atoms with Gasteiger partial charge in [0.05, 0.1) is 12.6 Å². The second-order valence-corrected chi connectivity index (χ2v) is 4.69. The van der Waals surface area contributed by atoms with Crippen molar-refractivity contribution in [2.24, 2.45) is 0 Å². The number of ketones is 1. The fraction of sp³-hybridized carbons (Fsp3) is 0.857. The zero-order valence-corrected chi connectivity index (χ0v) is 12.5. The number of nitrogens with one attached hydrogen (secondary N) is 2. The zero-order chi connectivity index (χ0) is 14.5. The van der Waals surface area contributed by atoms with Crippen LogP contribution in [0.3, 0.4) is 0 Å². The lowest BCUT2D eigenvalue weighted by Crippen LogP contribution is -2.40. The molecular weight excluding hydrogens is 244 g/mol. The maximum atomic E-state index is 11.7. The van der Waals surface area contributed by atoms with Crippen molar-refractivity contribution in [3.63, 3.8) is 0 Å². The summed E-state index contributed by atoms with van der Waals surface area (Å²) >= 11 is 0. The van der Waals surface area contributed by atoms with Gasteiger partial charge in [-0.25, -0.2) is 0 Å². The molecule has 0 fully saturated rings. The Hall–Kier alpha value is -0.940. The lowest BCUT2D eigenvalue weighted by atomic mass is 10.1. The summed E-state index contributed by atoms with van der Waals surface area (Å²) in [5.74, 6) is -0.0859. The lowest BCUT2D eigenvalue weighted by Gasteiger charge is -2.15. The molecule has 0 aromatic heterocycles. The van der Waals surface area contributed by atoms with Gasteiger partial charge in [-0.15, -0.1) is 0 Å². The normalized spacial score (nSPS) is 12.2. The average molecular weight is 272 g/mol. The first-order valence-corrected chi connectivity index (χ1v) is 7.14. The Morgan fingerprint density at radius 1 is 1.21 bits per heavy atom. The highest BCUT2D eigenvalue weighted by molar-refractivity contribution is 5.87. The number of ether oxygens (including phenoxy) is 1. The van der Waals surface area contributed by atoms with Gasteiger partial charge in [0.1, 0.15) is 0 Å². The summed E-state index contributed by atoms with van der Waals surface area (Å²) in [6.45, 7) is 5.58. The number of hydrogen-bond acceptors (Lipinski definition) is 4. The first kappa shape index (κ1) is 18.1. The van der Waals surface area contributed by atoms with Gasteiger partial charge in [0.25, 0.3) is 0 Å². The van der Waals surface area contributed by atoms with E-state index in [0.29, 0.717) is 26.1 Å². The number of rotatable bonds is 12. The predicted molar refractivity (Wildman–Crippen MR) is 76.1 cm³/mol. The monoisotopic (exact) mass is 272 g/mol. The summed E-state index contributed by atoms with van der Waals surface area (Å²) in [4.78, 5) is 23.1. The summed E-state index contributed by atoms with van der Waals surface area (Å²) in [6, 6.07) is -0.351. The first-order chi connectivity index (χ1) is 9.11. The highest BCUT2D eigenvalue weighted by Crippen LogP contribution is 2.02. The van der Waals surface area contributed by atoms with Crippen molar-refractivity contribution in [1.82, 2.24) is 10.6 Å². The highest BCUT2D eigenvalue weighted by Gasteiger charge is 2.16. The van der Waals surface area contributed by atoms with Crippen molar-refractivity contribution in [1.29, 1.82) is 0 Å². The van der Waals surface area contributed by atoms with Crippen molar-refractivity contribution in [3.8, 4) is 0 Å². The van der Waals surface area contributed by atoms with E-state index in [1.165, 1.54) is 6.92 Å². The minimum atomic E-state index is -0.351. The van der Waals surface area contributed by atoms with Crippen LogP contribution in [0.15, 0.2) is 0 Å². The van der Waals surface area contributed by atoms with Crippen LogP contribution in [0.2, 0.25) is 0 Å². The Morgan fingerprint density at radius 2 is 1.95 bits per heavy atom. The van der Waals surface area contributed by atoms with E-state index in [4.69, 9.17) is 4.74 Å². The number of Topliss-reactive ketones (excluding diaryl/α,β-unsaturated/α-hetero) is 1. The molecule has 0 radical (unpaired) electrons. The van der Waals surface area contributed by atoms with E-state index in [-0.39, 0.29) is 17.7 Å². The van der Waals surface area contributed by atoms with E-state index >= 15 is 0 Å². The molecule has 0 spiro atoms. The highest BCUT2D eigenvalue weighted by atomic mass is 16.5. The average Bonchev–Trinajstić information content (AvgIpc) is 2.38. The molecule has 0 heterocycles. The molecular formula is C14H28N2O3. The third-order valence-corrected chi connectivity index (χ3v) is 2.82. The number of hydrogen-bond donors (Lipinski definition) is 2. The smallest absolute Gasteiger partial charge is 0.222 e. The molecule has 0 saturated heterocycles. The molecule has 1 atom stereocenters. The molecule has 0 aromatic rings. The zero-order valence-electron chi connectivity index (χ0n) is 12.5. The lowest BCUT2D eigenvalue weighted by molar-refractivity contribution is -0.127. The largest absolute Gasteiger partial charge is 0.381 e. The van der Waals surface area contributed by atoms with Gasteiger partial charge in [-0.2, -0.15) is 0 Å². The minimum absolute atomic E-state index is 0.0206. The number of amides is 1. The predicted octanol–water partition coefficient (Wildman–Crippen LogP) is 1.27. The van der Waals surface area contributed by atoms with E-state index in [1.54, 1.807) is 0 Å². The maximum Gasteiger partial charge on any atom is 0.222 e. The van der Waals surface area contributed by atoms with Crippen LogP contribution in [-0.4, -0.2) is 44.5 Å². The fourth-order valence-electron chi connectivity index (χ4n) is 1.71. The van der Waals surface area contributed by atoms with Crippen LogP contribution < -0.4 is 10.6 Å². The van der Waals surface area contributed by atoms with Gasteiger partial charge in [0.2, 0.25) is 5.91 Å². The summed E-state index contributed by atoms with van der Waals surface area (Å²) in [5.41, 5.74) is 0. The minimum Gasteiger partial charge on any atom is -0.381 e. The molecule has 0 aliphatic carbocycles. The van der Waals surface area contributed by atoms with Gasteiger partial charge in [-0.1, -0.05) is 6.92 Å². The van der Waals surface area contributed by atoms with Gasteiger partial charge in [0, 0.05) is 13.0 Å². The third kappa shape index (κ3) is 10.7. The Morgan fingerprint density at radius 3 is 2.53 bits per heavy atom. The van der Waals surface area contributed by atoms with E-state index in [9.17, 15) is 9.59 Å². The Kier molecular flexibility index (Phi) is 11.5. The number of carbonyl (C=O) groups is 2. The number of carbonyl (C=O) groups excluding carboxylic acids is 2. The van der Waals surface area contributed by atoms with E-state index in [0.717, 1.165) is 25.8 Å². The fourth-order valence-corrected chi connectivity index (χ4v) is 1.71. The SMILES string of the molecule is CCCOCCC(=O)NC(CCCCNC)C(C)=O. The first-order valence-electron chi connectivity index (χ1n) is 7.14. The Labute approximate surface area is 116 Å². The van der Waals surface area contributed by atoms with Gasteiger partial charge in [-0.05, 0) is 46.2 Å². The van der Waals surface area contributed by atoms with E-state index < -0.39 is 0 Å². The van der Waals surface area contributed by atoms with Crippen LogP contribution in [0.1, 0.15) is 46.0 Å². The van der Waals surface area contributed by atoms with Crippen molar-refractivity contribution in [2.75, 3.05) is 26.8 Å². The molecule has 0 aromatic carbocycles. The second-order valence-electron chi connectivity index (χ2n) is 4.69. The molecule has 0 aliphatic heterocycles. The molecule has 0 aliphatic rings.